The van der Waals surface area contributed by atoms with Crippen LogP contribution >= 0.6 is 11.3 Å². The van der Waals surface area contributed by atoms with Gasteiger partial charge in [0.2, 0.25) is 0 Å². The summed E-state index contributed by atoms with van der Waals surface area (Å²) in [5.74, 6) is 1.82. The van der Waals surface area contributed by atoms with Gasteiger partial charge in [-0.25, -0.2) is 19.7 Å². The summed E-state index contributed by atoms with van der Waals surface area (Å²) in [6.45, 7) is 0. The van der Waals surface area contributed by atoms with E-state index in [9.17, 15) is 4.79 Å². The summed E-state index contributed by atoms with van der Waals surface area (Å²) in [6, 6.07) is 48.0. The highest BCUT2D eigenvalue weighted by Crippen LogP contribution is 2.40. The number of fused-ring (bicyclic) bond motifs is 4. The topological polar surface area (TPSA) is 65.6 Å². The van der Waals surface area contributed by atoms with E-state index >= 15 is 0 Å². The molecule has 0 aliphatic carbocycles. The largest absolute Gasteiger partial charge is 0.328 e. The number of nitrogens with zero attached hydrogens (tertiary/aromatic N) is 5. The maximum Gasteiger partial charge on any atom is 0.328 e. The first-order chi connectivity index (χ1) is 24.0. The number of aromatic nitrogens is 5. The lowest BCUT2D eigenvalue weighted by molar-refractivity contribution is 0.795. The van der Waals surface area contributed by atoms with Crippen molar-refractivity contribution in [2.45, 2.75) is 0 Å². The van der Waals surface area contributed by atoms with Gasteiger partial charge < -0.3 is 0 Å². The Bertz CT molecular complexity index is 2760. The molecule has 7 heteroatoms. The molecule has 0 atom stereocenters. The summed E-state index contributed by atoms with van der Waals surface area (Å²) in [7, 11) is 3.60. The normalized spacial score (nSPS) is 11.6. The number of rotatable bonds is 5. The molecule has 234 valence electrons. The van der Waals surface area contributed by atoms with E-state index in [1.54, 1.807) is 23.2 Å². The van der Waals surface area contributed by atoms with Crippen LogP contribution in [0.1, 0.15) is 0 Å². The third kappa shape index (κ3) is 4.94. The van der Waals surface area contributed by atoms with Crippen LogP contribution in [0.2, 0.25) is 0 Å². The highest BCUT2D eigenvalue weighted by Gasteiger charge is 2.15. The van der Waals surface area contributed by atoms with Crippen molar-refractivity contribution in [1.82, 2.24) is 24.1 Å². The van der Waals surface area contributed by atoms with Crippen molar-refractivity contribution in [2.75, 3.05) is 0 Å². The molecule has 0 aliphatic rings. The molecule has 3 aromatic heterocycles. The van der Waals surface area contributed by atoms with Crippen LogP contribution in [0.5, 0.6) is 0 Å². The van der Waals surface area contributed by atoms with Gasteiger partial charge in [-0.05, 0) is 52.6 Å². The highest BCUT2D eigenvalue weighted by atomic mass is 32.1. The van der Waals surface area contributed by atoms with E-state index < -0.39 is 0 Å². The Labute approximate surface area is 286 Å². The highest BCUT2D eigenvalue weighted by molar-refractivity contribution is 7.25. The fourth-order valence-electron chi connectivity index (χ4n) is 6.69. The number of hydrogen-bond donors (Lipinski definition) is 0. The van der Waals surface area contributed by atoms with Crippen molar-refractivity contribution < 1.29 is 0 Å². The standard InChI is InChI=1S/C42H29N5OS/c1-46-34-23-22-30(25-35(34)47(2)42(46)48)29-12-8-13-31(24-29)41-44-39(27-10-4-3-5-11-27)43-40(45-41)28-20-18-26(19-21-28)32-15-9-17-37-38(32)33-14-6-7-16-36(33)49-37/h3-25H,1-2H3. The van der Waals surface area contributed by atoms with Gasteiger partial charge in [0.15, 0.2) is 17.5 Å². The van der Waals surface area contributed by atoms with Crippen LogP contribution in [0, 0.1) is 0 Å². The van der Waals surface area contributed by atoms with Crippen LogP contribution in [-0.2, 0) is 14.1 Å². The Morgan fingerprint density at radius 2 is 1.02 bits per heavy atom. The zero-order chi connectivity index (χ0) is 33.1. The van der Waals surface area contributed by atoms with Crippen LogP contribution in [0.25, 0.3) is 87.6 Å². The van der Waals surface area contributed by atoms with Crippen molar-refractivity contribution in [1.29, 1.82) is 0 Å². The minimum Gasteiger partial charge on any atom is -0.295 e. The van der Waals surface area contributed by atoms with Gasteiger partial charge in [0.1, 0.15) is 0 Å². The summed E-state index contributed by atoms with van der Waals surface area (Å²) >= 11 is 1.83. The van der Waals surface area contributed by atoms with Crippen LogP contribution < -0.4 is 5.69 Å². The average Bonchev–Trinajstić information content (AvgIpc) is 3.65. The molecule has 0 amide bonds. The van der Waals surface area contributed by atoms with Gasteiger partial charge >= 0.3 is 5.69 Å². The Morgan fingerprint density at radius 1 is 0.469 bits per heavy atom. The van der Waals surface area contributed by atoms with E-state index in [-0.39, 0.29) is 5.69 Å². The number of imidazole rings is 1. The van der Waals surface area contributed by atoms with Crippen LogP contribution in [0.15, 0.2) is 144 Å². The van der Waals surface area contributed by atoms with Crippen molar-refractivity contribution in [2.24, 2.45) is 14.1 Å². The van der Waals surface area contributed by atoms with Crippen molar-refractivity contribution >= 4 is 42.5 Å². The average molecular weight is 652 g/mol. The molecule has 0 saturated heterocycles. The van der Waals surface area contributed by atoms with Gasteiger partial charge in [-0.2, -0.15) is 0 Å². The first-order valence-corrected chi connectivity index (χ1v) is 16.9. The minimum atomic E-state index is -0.0443. The predicted octanol–water partition coefficient (Wildman–Crippen LogP) is 9.76. The van der Waals surface area contributed by atoms with E-state index in [4.69, 9.17) is 15.0 Å². The van der Waals surface area contributed by atoms with Gasteiger partial charge in [-0.3, -0.25) is 9.13 Å². The number of thiophene rings is 1. The van der Waals surface area contributed by atoms with Gasteiger partial charge in [-0.1, -0.05) is 109 Å². The van der Waals surface area contributed by atoms with Crippen LogP contribution in [0.4, 0.5) is 0 Å². The van der Waals surface area contributed by atoms with E-state index in [1.807, 2.05) is 59.9 Å². The molecular formula is C42H29N5OS. The van der Waals surface area contributed by atoms with E-state index in [1.165, 1.54) is 25.7 Å². The molecule has 49 heavy (non-hydrogen) atoms. The van der Waals surface area contributed by atoms with E-state index in [0.29, 0.717) is 17.5 Å². The smallest absolute Gasteiger partial charge is 0.295 e. The maximum atomic E-state index is 12.6. The van der Waals surface area contributed by atoms with Crippen molar-refractivity contribution in [3.63, 3.8) is 0 Å². The van der Waals surface area contributed by atoms with Crippen LogP contribution in [0.3, 0.4) is 0 Å². The quantitative estimate of drug-likeness (QED) is 0.186. The number of hydrogen-bond acceptors (Lipinski definition) is 5. The molecular weight excluding hydrogens is 623 g/mol. The molecule has 0 fully saturated rings. The summed E-state index contributed by atoms with van der Waals surface area (Å²) in [6.07, 6.45) is 0. The molecule has 0 spiro atoms. The van der Waals surface area contributed by atoms with Gasteiger partial charge in [-0.15, -0.1) is 11.3 Å². The monoisotopic (exact) mass is 651 g/mol. The molecule has 3 heterocycles. The number of benzene rings is 6. The first kappa shape index (κ1) is 29.0. The molecule has 6 nitrogen and oxygen atoms in total. The Morgan fingerprint density at radius 3 is 1.82 bits per heavy atom. The lowest BCUT2D eigenvalue weighted by atomic mass is 9.98. The molecule has 0 radical (unpaired) electrons. The molecule has 0 bridgehead atoms. The fourth-order valence-corrected chi connectivity index (χ4v) is 7.82. The molecule has 0 unspecified atom stereocenters. The summed E-state index contributed by atoms with van der Waals surface area (Å²) in [5.41, 5.74) is 8.85. The third-order valence-corrected chi connectivity index (χ3v) is 10.4. The molecule has 6 aromatic carbocycles. The minimum absolute atomic E-state index is 0.0443. The summed E-state index contributed by atoms with van der Waals surface area (Å²) in [4.78, 5) is 27.5. The second-order valence-corrected chi connectivity index (χ2v) is 13.3. The Hall–Kier alpha value is -6.18. The zero-order valence-electron chi connectivity index (χ0n) is 26.8. The first-order valence-electron chi connectivity index (χ1n) is 16.1. The Balaban J connectivity index is 1.14. The van der Waals surface area contributed by atoms with Gasteiger partial charge in [0, 0.05) is 51.0 Å². The SMILES string of the molecule is Cn1c(=O)n(C)c2cc(-c3cccc(-c4nc(-c5ccccc5)nc(-c5ccc(-c6cccc7sc8ccccc8c67)cc5)n4)c3)ccc21. The van der Waals surface area contributed by atoms with E-state index in [2.05, 4.69) is 91.0 Å². The molecule has 0 N–H and O–H groups in total. The zero-order valence-corrected chi connectivity index (χ0v) is 27.6. The second kappa shape index (κ2) is 11.5. The Kier molecular flexibility index (Phi) is 6.81. The molecule has 9 aromatic rings. The van der Waals surface area contributed by atoms with Crippen molar-refractivity contribution in [3.05, 3.63) is 150 Å². The third-order valence-electron chi connectivity index (χ3n) is 9.25. The maximum absolute atomic E-state index is 12.6. The van der Waals surface area contributed by atoms with Gasteiger partial charge in [0.05, 0.1) is 11.0 Å². The van der Waals surface area contributed by atoms with Crippen molar-refractivity contribution in [3.8, 4) is 56.4 Å². The second-order valence-electron chi connectivity index (χ2n) is 12.2. The molecule has 0 saturated carbocycles. The lowest BCUT2D eigenvalue weighted by Gasteiger charge is -2.11. The fraction of sp³-hybridized carbons (Fsp3) is 0.0476. The molecule has 9 rings (SSSR count). The van der Waals surface area contributed by atoms with Crippen LogP contribution in [-0.4, -0.2) is 24.1 Å². The van der Waals surface area contributed by atoms with Gasteiger partial charge in [0.25, 0.3) is 0 Å². The lowest BCUT2D eigenvalue weighted by Crippen LogP contribution is -2.19. The molecule has 0 aliphatic heterocycles. The summed E-state index contributed by atoms with van der Waals surface area (Å²) < 4.78 is 5.93. The van der Waals surface area contributed by atoms with E-state index in [0.717, 1.165) is 44.4 Å². The number of aryl methyl sites for hydroxylation is 2. The summed E-state index contributed by atoms with van der Waals surface area (Å²) in [5, 5.41) is 2.57. The predicted molar refractivity (Wildman–Crippen MR) is 202 cm³/mol.